The van der Waals surface area contributed by atoms with Crippen molar-refractivity contribution in [2.75, 3.05) is 11.9 Å². The van der Waals surface area contributed by atoms with Gasteiger partial charge >= 0.3 is 0 Å². The Labute approximate surface area is 141 Å². The summed E-state index contributed by atoms with van der Waals surface area (Å²) in [6.07, 6.45) is 4.18. The minimum atomic E-state index is -0.548. The van der Waals surface area contributed by atoms with Gasteiger partial charge in [-0.3, -0.25) is 4.79 Å². The molecule has 0 fully saturated rings. The molecule has 1 atom stereocenters. The number of ether oxygens (including phenoxy) is 2. The molecule has 1 unspecified atom stereocenters. The van der Waals surface area contributed by atoms with E-state index < -0.39 is 6.29 Å². The highest BCUT2D eigenvalue weighted by molar-refractivity contribution is 6.02. The number of hydrogen-bond acceptors (Lipinski definition) is 4. The zero-order chi connectivity index (χ0) is 16.8. The normalized spacial score (nSPS) is 17.2. The Kier molecular flexibility index (Phi) is 5.08. The number of carbonyl (C=O) groups is 1. The van der Waals surface area contributed by atoms with Gasteiger partial charge < -0.3 is 14.8 Å². The van der Waals surface area contributed by atoms with Crippen LogP contribution in [0.2, 0.25) is 0 Å². The first-order valence-electron chi connectivity index (χ1n) is 7.80. The van der Waals surface area contributed by atoms with Crippen molar-refractivity contribution in [1.82, 2.24) is 0 Å². The van der Waals surface area contributed by atoms with Gasteiger partial charge in [0.25, 0.3) is 0 Å². The van der Waals surface area contributed by atoms with Crippen molar-refractivity contribution in [3.05, 3.63) is 89.8 Å². The number of benzene rings is 2. The van der Waals surface area contributed by atoms with E-state index in [-0.39, 0.29) is 5.78 Å². The summed E-state index contributed by atoms with van der Waals surface area (Å²) in [5.41, 5.74) is 3.00. The van der Waals surface area contributed by atoms with E-state index in [2.05, 4.69) is 5.32 Å². The molecule has 0 saturated heterocycles. The van der Waals surface area contributed by atoms with Gasteiger partial charge in [-0.25, -0.2) is 0 Å². The van der Waals surface area contributed by atoms with Crippen molar-refractivity contribution in [3.63, 3.8) is 0 Å². The molecule has 122 valence electrons. The Hall–Kier alpha value is -2.85. The van der Waals surface area contributed by atoms with Gasteiger partial charge in [0.2, 0.25) is 12.1 Å². The van der Waals surface area contributed by atoms with Crippen LogP contribution >= 0.6 is 0 Å². The smallest absolute Gasteiger partial charge is 0.227 e. The summed E-state index contributed by atoms with van der Waals surface area (Å²) in [5, 5.41) is 3.07. The highest BCUT2D eigenvalue weighted by Gasteiger charge is 2.21. The molecule has 24 heavy (non-hydrogen) atoms. The van der Waals surface area contributed by atoms with E-state index in [1.54, 1.807) is 12.3 Å². The highest BCUT2D eigenvalue weighted by atomic mass is 16.7. The predicted octanol–water partition coefficient (Wildman–Crippen LogP) is 4.12. The van der Waals surface area contributed by atoms with E-state index in [9.17, 15) is 4.79 Å². The van der Waals surface area contributed by atoms with Crippen LogP contribution in [0.3, 0.4) is 0 Å². The third-order valence-corrected chi connectivity index (χ3v) is 3.60. The molecule has 1 heterocycles. The molecular weight excluding hydrogens is 302 g/mol. The summed E-state index contributed by atoms with van der Waals surface area (Å²) in [6, 6.07) is 17.5. The maximum Gasteiger partial charge on any atom is 0.227 e. The zero-order valence-corrected chi connectivity index (χ0v) is 13.4. The fraction of sp³-hybridized carbons (Fsp3) is 0.150. The minimum absolute atomic E-state index is 0.196. The lowest BCUT2D eigenvalue weighted by molar-refractivity contribution is -0.142. The largest absolute Gasteiger partial charge is 0.457 e. The Morgan fingerprint density at radius 2 is 1.88 bits per heavy atom. The van der Waals surface area contributed by atoms with Crippen molar-refractivity contribution in [2.24, 2.45) is 0 Å². The van der Waals surface area contributed by atoms with Crippen molar-refractivity contribution in [1.29, 1.82) is 0 Å². The van der Waals surface area contributed by atoms with Gasteiger partial charge in [-0.2, -0.15) is 0 Å². The Bertz CT molecular complexity index is 748. The van der Waals surface area contributed by atoms with Crippen LogP contribution < -0.4 is 5.32 Å². The molecule has 0 aliphatic carbocycles. The molecule has 0 spiro atoms. The molecule has 2 aromatic rings. The van der Waals surface area contributed by atoms with Crippen molar-refractivity contribution in [3.8, 4) is 0 Å². The predicted molar refractivity (Wildman–Crippen MR) is 93.3 cm³/mol. The van der Waals surface area contributed by atoms with Gasteiger partial charge in [0.1, 0.15) is 0 Å². The van der Waals surface area contributed by atoms with Gasteiger partial charge in [-0.15, -0.1) is 0 Å². The molecule has 1 aliphatic rings. The lowest BCUT2D eigenvalue weighted by Gasteiger charge is -2.24. The van der Waals surface area contributed by atoms with Gasteiger partial charge in [0, 0.05) is 23.5 Å². The molecular formula is C20H19NO3. The lowest BCUT2D eigenvalue weighted by Crippen LogP contribution is -2.18. The summed E-state index contributed by atoms with van der Waals surface area (Å²) in [6.45, 7) is 2.38. The maximum absolute atomic E-state index is 12.2. The molecule has 0 bridgehead atoms. The molecule has 3 rings (SSSR count). The fourth-order valence-corrected chi connectivity index (χ4v) is 2.29. The van der Waals surface area contributed by atoms with Crippen LogP contribution in [0, 0.1) is 6.92 Å². The molecule has 0 aromatic heterocycles. The fourth-order valence-electron chi connectivity index (χ4n) is 2.29. The van der Waals surface area contributed by atoms with E-state index in [0.717, 1.165) is 11.3 Å². The molecule has 4 nitrogen and oxygen atoms in total. The SMILES string of the molecule is Cc1ccc(N/C=C\C(=O)C2=CCOC(c3ccccc3)O2)cc1. The first kappa shape index (κ1) is 16.0. The number of hydrogen-bond donors (Lipinski definition) is 1. The molecule has 4 heteroatoms. The van der Waals surface area contributed by atoms with E-state index in [0.29, 0.717) is 12.4 Å². The number of ketones is 1. The number of carbonyl (C=O) groups excluding carboxylic acids is 1. The van der Waals surface area contributed by atoms with Crippen LogP contribution in [0.25, 0.3) is 0 Å². The Morgan fingerprint density at radius 1 is 1.12 bits per heavy atom. The van der Waals surface area contributed by atoms with Crippen LogP contribution in [0.4, 0.5) is 5.69 Å². The van der Waals surface area contributed by atoms with Gasteiger partial charge in [-0.05, 0) is 25.1 Å². The maximum atomic E-state index is 12.2. The van der Waals surface area contributed by atoms with Crippen molar-refractivity contribution in [2.45, 2.75) is 13.2 Å². The van der Waals surface area contributed by atoms with Crippen LogP contribution in [0.15, 0.2) is 78.7 Å². The summed E-state index contributed by atoms with van der Waals surface area (Å²) in [4.78, 5) is 12.2. The summed E-state index contributed by atoms with van der Waals surface area (Å²) in [5.74, 6) is 0.107. The third-order valence-electron chi connectivity index (χ3n) is 3.60. The number of aryl methyl sites for hydroxylation is 1. The average Bonchev–Trinajstić information content (AvgIpc) is 2.64. The Balaban J connectivity index is 1.59. The quantitative estimate of drug-likeness (QED) is 0.842. The Morgan fingerprint density at radius 3 is 2.62 bits per heavy atom. The van der Waals surface area contributed by atoms with Crippen molar-refractivity contribution >= 4 is 11.5 Å². The first-order valence-corrected chi connectivity index (χ1v) is 7.80. The molecule has 2 aromatic carbocycles. The summed E-state index contributed by atoms with van der Waals surface area (Å²) < 4.78 is 11.2. The van der Waals surface area contributed by atoms with Gasteiger partial charge in [-0.1, -0.05) is 48.0 Å². The zero-order valence-electron chi connectivity index (χ0n) is 13.4. The summed E-state index contributed by atoms with van der Waals surface area (Å²) >= 11 is 0. The van der Waals surface area contributed by atoms with Crippen LogP contribution in [0.1, 0.15) is 17.4 Å². The van der Waals surface area contributed by atoms with E-state index >= 15 is 0 Å². The van der Waals surface area contributed by atoms with Crippen LogP contribution in [-0.2, 0) is 14.3 Å². The standard InChI is InChI=1S/C20H19NO3/c1-15-7-9-17(10-8-15)21-13-11-18(22)19-12-14-23-20(24-19)16-5-3-2-4-6-16/h2-13,20-21H,14H2,1H3/b13-11-. The second-order valence-corrected chi connectivity index (χ2v) is 5.47. The van der Waals surface area contributed by atoms with Crippen LogP contribution in [0.5, 0.6) is 0 Å². The third kappa shape index (κ3) is 4.12. The molecule has 1 aliphatic heterocycles. The van der Waals surface area contributed by atoms with Crippen molar-refractivity contribution < 1.29 is 14.3 Å². The van der Waals surface area contributed by atoms with Gasteiger partial charge in [0.15, 0.2) is 5.76 Å². The van der Waals surface area contributed by atoms with E-state index in [1.807, 2.05) is 61.5 Å². The van der Waals surface area contributed by atoms with E-state index in [4.69, 9.17) is 9.47 Å². The molecule has 0 saturated carbocycles. The lowest BCUT2D eigenvalue weighted by atomic mass is 10.2. The number of nitrogens with one attached hydrogen (secondary N) is 1. The molecule has 1 N–H and O–H groups in total. The second kappa shape index (κ2) is 7.62. The number of anilines is 1. The van der Waals surface area contributed by atoms with Crippen LogP contribution in [-0.4, -0.2) is 12.4 Å². The highest BCUT2D eigenvalue weighted by Crippen LogP contribution is 2.25. The number of allylic oxidation sites excluding steroid dienone is 1. The number of rotatable bonds is 5. The second-order valence-electron chi connectivity index (χ2n) is 5.47. The van der Waals surface area contributed by atoms with Gasteiger partial charge in [0.05, 0.1) is 6.61 Å². The monoisotopic (exact) mass is 321 g/mol. The molecule has 0 radical (unpaired) electrons. The molecule has 0 amide bonds. The summed E-state index contributed by atoms with van der Waals surface area (Å²) in [7, 11) is 0. The van der Waals surface area contributed by atoms with E-state index in [1.165, 1.54) is 11.6 Å². The topological polar surface area (TPSA) is 47.6 Å². The minimum Gasteiger partial charge on any atom is -0.457 e. The average molecular weight is 321 g/mol. The first-order chi connectivity index (χ1) is 11.7.